The van der Waals surface area contributed by atoms with Crippen LogP contribution in [0.2, 0.25) is 0 Å². The highest BCUT2D eigenvalue weighted by atomic mass is 127. The molecule has 0 aromatic heterocycles. The van der Waals surface area contributed by atoms with Gasteiger partial charge in [0.05, 0.1) is 6.10 Å². The van der Waals surface area contributed by atoms with Crippen molar-refractivity contribution < 1.29 is 4.74 Å². The van der Waals surface area contributed by atoms with Crippen LogP contribution < -0.4 is 15.4 Å². The van der Waals surface area contributed by atoms with E-state index in [1.54, 1.807) is 0 Å². The number of halogens is 1. The topological polar surface area (TPSA) is 45.7 Å². The van der Waals surface area contributed by atoms with Gasteiger partial charge >= 0.3 is 0 Å². The quantitative estimate of drug-likeness (QED) is 0.382. The summed E-state index contributed by atoms with van der Waals surface area (Å²) >= 11 is 0. The summed E-state index contributed by atoms with van der Waals surface area (Å²) in [5.74, 6) is 1.96. The molecule has 1 aromatic rings. The van der Waals surface area contributed by atoms with Crippen molar-refractivity contribution in [1.29, 1.82) is 0 Å². The van der Waals surface area contributed by atoms with Gasteiger partial charge in [0.25, 0.3) is 0 Å². The fraction of sp³-hybridized carbons (Fsp3) is 0.632. The monoisotopic (exact) mass is 443 g/mol. The minimum absolute atomic E-state index is 0. The molecule has 3 rings (SSSR count). The Morgan fingerprint density at radius 1 is 1.12 bits per heavy atom. The molecular weight excluding hydrogens is 413 g/mol. The Hall–Kier alpha value is -0.980. The molecule has 0 aliphatic heterocycles. The van der Waals surface area contributed by atoms with Gasteiger partial charge in [-0.1, -0.05) is 12.1 Å². The Balaban J connectivity index is 0.00000208. The average Bonchev–Trinajstić information content (AvgIpc) is 3.22. The molecular formula is C19H30IN3O. The first-order valence-corrected chi connectivity index (χ1v) is 9.14. The maximum atomic E-state index is 6.01. The zero-order chi connectivity index (χ0) is 15.9. The molecule has 0 bridgehead atoms. The van der Waals surface area contributed by atoms with Gasteiger partial charge in [-0.2, -0.15) is 0 Å². The van der Waals surface area contributed by atoms with E-state index in [0.29, 0.717) is 12.1 Å². The van der Waals surface area contributed by atoms with Crippen molar-refractivity contribution in [1.82, 2.24) is 10.6 Å². The second-order valence-corrected chi connectivity index (χ2v) is 6.60. The van der Waals surface area contributed by atoms with Crippen LogP contribution in [0.15, 0.2) is 29.3 Å². The number of benzene rings is 1. The zero-order valence-electron chi connectivity index (χ0n) is 14.6. The van der Waals surface area contributed by atoms with Gasteiger partial charge in [-0.15, -0.1) is 24.0 Å². The predicted molar refractivity (Wildman–Crippen MR) is 111 cm³/mol. The van der Waals surface area contributed by atoms with Crippen molar-refractivity contribution in [3.05, 3.63) is 29.8 Å². The van der Waals surface area contributed by atoms with E-state index in [0.717, 1.165) is 31.2 Å². The molecule has 134 valence electrons. The molecule has 0 unspecified atom stereocenters. The minimum Gasteiger partial charge on any atom is -0.490 e. The number of rotatable bonds is 7. The highest BCUT2D eigenvalue weighted by Crippen LogP contribution is 2.24. The predicted octanol–water partition coefficient (Wildman–Crippen LogP) is 3.89. The number of ether oxygens (including phenoxy) is 1. The number of hydrogen-bond donors (Lipinski definition) is 2. The second-order valence-electron chi connectivity index (χ2n) is 6.60. The Morgan fingerprint density at radius 3 is 2.46 bits per heavy atom. The average molecular weight is 443 g/mol. The van der Waals surface area contributed by atoms with Crippen LogP contribution in [-0.2, 0) is 6.42 Å². The van der Waals surface area contributed by atoms with Crippen LogP contribution in [0.3, 0.4) is 0 Å². The summed E-state index contributed by atoms with van der Waals surface area (Å²) < 4.78 is 6.01. The summed E-state index contributed by atoms with van der Waals surface area (Å²) in [4.78, 5) is 4.66. The van der Waals surface area contributed by atoms with E-state index in [1.165, 1.54) is 44.1 Å². The standard InChI is InChI=1S/C19H29N3O.HI/c1-2-20-19(22-16-9-10-16)21-14-13-15-7-11-18(12-8-15)23-17-5-3-4-6-17;/h7-8,11-12,16-17H,2-6,9-10,13-14H2,1H3,(H2,20,21,22);1H. The van der Waals surface area contributed by atoms with Gasteiger partial charge in [-0.25, -0.2) is 0 Å². The van der Waals surface area contributed by atoms with Crippen molar-refractivity contribution in [2.45, 2.75) is 64.0 Å². The van der Waals surface area contributed by atoms with Crippen molar-refractivity contribution in [3.63, 3.8) is 0 Å². The number of nitrogens with zero attached hydrogens (tertiary/aromatic N) is 1. The molecule has 5 heteroatoms. The van der Waals surface area contributed by atoms with Gasteiger partial charge in [0, 0.05) is 19.1 Å². The van der Waals surface area contributed by atoms with Crippen LogP contribution in [0.25, 0.3) is 0 Å². The molecule has 0 saturated heterocycles. The van der Waals surface area contributed by atoms with Crippen LogP contribution in [0.1, 0.15) is 51.0 Å². The normalized spacial score (nSPS) is 18.1. The third-order valence-corrected chi connectivity index (χ3v) is 4.46. The van der Waals surface area contributed by atoms with Crippen LogP contribution in [-0.4, -0.2) is 31.2 Å². The largest absolute Gasteiger partial charge is 0.490 e. The lowest BCUT2D eigenvalue weighted by Crippen LogP contribution is -2.38. The lowest BCUT2D eigenvalue weighted by Gasteiger charge is -2.13. The van der Waals surface area contributed by atoms with E-state index >= 15 is 0 Å². The van der Waals surface area contributed by atoms with Gasteiger partial charge < -0.3 is 15.4 Å². The van der Waals surface area contributed by atoms with E-state index in [1.807, 2.05) is 0 Å². The van der Waals surface area contributed by atoms with Crippen LogP contribution >= 0.6 is 24.0 Å². The van der Waals surface area contributed by atoms with E-state index in [2.05, 4.69) is 46.8 Å². The van der Waals surface area contributed by atoms with Crippen molar-refractivity contribution in [2.24, 2.45) is 4.99 Å². The van der Waals surface area contributed by atoms with Gasteiger partial charge in [-0.05, 0) is 69.6 Å². The Morgan fingerprint density at radius 2 is 1.83 bits per heavy atom. The van der Waals surface area contributed by atoms with Crippen LogP contribution in [0.4, 0.5) is 0 Å². The van der Waals surface area contributed by atoms with E-state index in [9.17, 15) is 0 Å². The first kappa shape index (κ1) is 19.3. The maximum absolute atomic E-state index is 6.01. The highest BCUT2D eigenvalue weighted by Gasteiger charge is 2.22. The molecule has 0 radical (unpaired) electrons. The Labute approximate surface area is 162 Å². The summed E-state index contributed by atoms with van der Waals surface area (Å²) in [7, 11) is 0. The third kappa shape index (κ3) is 6.49. The summed E-state index contributed by atoms with van der Waals surface area (Å²) in [5.41, 5.74) is 1.31. The fourth-order valence-corrected chi connectivity index (χ4v) is 2.97. The molecule has 0 amide bonds. The maximum Gasteiger partial charge on any atom is 0.191 e. The molecule has 0 atom stereocenters. The summed E-state index contributed by atoms with van der Waals surface area (Å²) in [6, 6.07) is 9.18. The molecule has 0 heterocycles. The first-order chi connectivity index (χ1) is 11.3. The van der Waals surface area contributed by atoms with Crippen LogP contribution in [0, 0.1) is 0 Å². The zero-order valence-corrected chi connectivity index (χ0v) is 16.9. The van der Waals surface area contributed by atoms with Gasteiger partial charge in [0.1, 0.15) is 5.75 Å². The van der Waals surface area contributed by atoms with E-state index in [-0.39, 0.29) is 24.0 Å². The SMILES string of the molecule is CCNC(=NCCc1ccc(OC2CCCC2)cc1)NC1CC1.I. The number of aliphatic imine (C=N–C) groups is 1. The van der Waals surface area contributed by atoms with E-state index < -0.39 is 0 Å². The molecule has 2 aliphatic rings. The lowest BCUT2D eigenvalue weighted by molar-refractivity contribution is 0.210. The summed E-state index contributed by atoms with van der Waals surface area (Å²) in [5, 5.41) is 6.76. The molecule has 1 aromatic carbocycles. The van der Waals surface area contributed by atoms with Crippen molar-refractivity contribution in [3.8, 4) is 5.75 Å². The summed E-state index contributed by atoms with van der Waals surface area (Å²) in [6.07, 6.45) is 8.97. The smallest absolute Gasteiger partial charge is 0.191 e. The van der Waals surface area contributed by atoms with Gasteiger partial charge in [0.15, 0.2) is 5.96 Å². The number of nitrogens with one attached hydrogen (secondary N) is 2. The Bertz CT molecular complexity index is 508. The highest BCUT2D eigenvalue weighted by molar-refractivity contribution is 14.0. The molecule has 2 N–H and O–H groups in total. The molecule has 24 heavy (non-hydrogen) atoms. The molecule has 4 nitrogen and oxygen atoms in total. The Kier molecular flexibility index (Phi) is 8.15. The summed E-state index contributed by atoms with van der Waals surface area (Å²) in [6.45, 7) is 3.82. The molecule has 2 saturated carbocycles. The fourth-order valence-electron chi connectivity index (χ4n) is 2.97. The van der Waals surface area contributed by atoms with Crippen molar-refractivity contribution in [2.75, 3.05) is 13.1 Å². The number of hydrogen-bond acceptors (Lipinski definition) is 2. The lowest BCUT2D eigenvalue weighted by atomic mass is 10.1. The molecule has 0 spiro atoms. The van der Waals surface area contributed by atoms with Gasteiger partial charge in [0.2, 0.25) is 0 Å². The van der Waals surface area contributed by atoms with Crippen molar-refractivity contribution >= 4 is 29.9 Å². The second kappa shape index (κ2) is 10.1. The molecule has 2 fully saturated rings. The third-order valence-electron chi connectivity index (χ3n) is 4.46. The number of guanidine groups is 1. The molecule has 2 aliphatic carbocycles. The van der Waals surface area contributed by atoms with Gasteiger partial charge in [-0.3, -0.25) is 4.99 Å². The minimum atomic E-state index is 0. The first-order valence-electron chi connectivity index (χ1n) is 9.14. The van der Waals surface area contributed by atoms with Crippen LogP contribution in [0.5, 0.6) is 5.75 Å². The van der Waals surface area contributed by atoms with E-state index in [4.69, 9.17) is 4.74 Å².